The van der Waals surface area contributed by atoms with Crippen LogP contribution in [0.5, 0.6) is 0 Å². The molecule has 1 aliphatic rings. The SMILES string of the molecule is CCCCCCC[C@@H](O)CC(=O)N[C@H](C)C(=O)C[C@H]1CCNC(=O)[C@H](CC(C)C)NC(=O)[C@H](CCN)NC(=O)[C@H](CCN)NC(=O)[C@H](CC(C)C)NC(=O)[C@@H](Cc2ccccc2)CC(=O)[C@H](CCN)NC1=O. The van der Waals surface area contributed by atoms with Crippen molar-refractivity contribution in [3.05, 3.63) is 35.9 Å². The number of unbranched alkanes of at least 4 members (excludes halogenated alkanes) is 4. The smallest absolute Gasteiger partial charge is 0.243 e. The Hall–Kier alpha value is -5.31. The summed E-state index contributed by atoms with van der Waals surface area (Å²) in [7, 11) is 0. The molecular weight excluding hydrogens is 925 g/mol. The Labute approximate surface area is 426 Å². The Morgan fingerprint density at radius 1 is 0.639 bits per heavy atom. The van der Waals surface area contributed by atoms with E-state index in [0.29, 0.717) is 6.42 Å². The van der Waals surface area contributed by atoms with Crippen molar-refractivity contribution >= 4 is 52.9 Å². The summed E-state index contributed by atoms with van der Waals surface area (Å²) in [5.41, 5.74) is 18.5. The molecule has 1 fully saturated rings. The molecule has 0 spiro atoms. The second-order valence-electron chi connectivity index (χ2n) is 20.2. The van der Waals surface area contributed by atoms with Crippen LogP contribution in [-0.2, 0) is 49.6 Å². The highest BCUT2D eigenvalue weighted by molar-refractivity contribution is 5.98. The molecule has 72 heavy (non-hydrogen) atoms. The number of Topliss-reactive ketones (excluding diaryl/α,β-unsaturated/α-hetero) is 2. The van der Waals surface area contributed by atoms with Gasteiger partial charge in [-0.15, -0.1) is 0 Å². The summed E-state index contributed by atoms with van der Waals surface area (Å²) in [4.78, 5) is 126. The normalized spacial score (nSPS) is 23.5. The summed E-state index contributed by atoms with van der Waals surface area (Å²) in [6, 6.07) is 1.94. The summed E-state index contributed by atoms with van der Waals surface area (Å²) < 4.78 is 0. The number of amides is 7. The van der Waals surface area contributed by atoms with E-state index in [1.165, 1.54) is 6.92 Å². The maximum Gasteiger partial charge on any atom is 0.243 e. The molecule has 14 N–H and O–H groups in total. The Morgan fingerprint density at radius 3 is 1.68 bits per heavy atom. The van der Waals surface area contributed by atoms with E-state index in [9.17, 15) is 48.3 Å². The van der Waals surface area contributed by atoms with Crippen LogP contribution < -0.4 is 54.4 Å². The number of aliphatic hydroxyl groups is 1. The highest BCUT2D eigenvalue weighted by Crippen LogP contribution is 2.19. The lowest BCUT2D eigenvalue weighted by Gasteiger charge is -2.28. The summed E-state index contributed by atoms with van der Waals surface area (Å²) in [6.07, 6.45) is 3.64. The molecule has 0 saturated carbocycles. The maximum atomic E-state index is 14.4. The van der Waals surface area contributed by atoms with Crippen molar-refractivity contribution in [1.29, 1.82) is 0 Å². The lowest BCUT2D eigenvalue weighted by molar-refractivity contribution is -0.136. The Kier molecular flexibility index (Phi) is 29.8. The van der Waals surface area contributed by atoms with Gasteiger partial charge in [0, 0.05) is 31.2 Å². The Balaban J connectivity index is 2.63. The largest absolute Gasteiger partial charge is 0.393 e. The van der Waals surface area contributed by atoms with Gasteiger partial charge in [-0.3, -0.25) is 43.2 Å². The average molecular weight is 1010 g/mol. The monoisotopic (exact) mass is 1010 g/mol. The summed E-state index contributed by atoms with van der Waals surface area (Å²) in [5, 5.41) is 29.6. The summed E-state index contributed by atoms with van der Waals surface area (Å²) >= 11 is 0. The van der Waals surface area contributed by atoms with Crippen LogP contribution in [0.15, 0.2) is 30.3 Å². The van der Waals surface area contributed by atoms with E-state index in [1.807, 2.05) is 27.7 Å². The van der Waals surface area contributed by atoms with Gasteiger partial charge in [0.1, 0.15) is 24.2 Å². The van der Waals surface area contributed by atoms with Crippen molar-refractivity contribution in [3.63, 3.8) is 0 Å². The van der Waals surface area contributed by atoms with Gasteiger partial charge < -0.3 is 59.5 Å². The standard InChI is InChI=1S/C52H88N10O10/c1-7-8-9-10-14-17-38(63)31-46(66)57-34(6)44(64)29-36-21-25-56-49(69)42(26-32(2)3)62-51(71)41(20-24-55)59-50(70)40(19-23-54)60-52(72)43(27-33(4)5)61-48(68)37(28-35-15-12-11-13-16-35)30-45(65)39(18-22-53)58-47(36)67/h11-13,15-16,32-34,36-43,63H,7-10,14,17-31,53-55H2,1-6H3,(H,56,69)(H,57,66)(H,58,67)(H,59,70)(H,60,72)(H,61,68)(H,62,71)/t34-,36-,37+,38-,39+,40+,41+,42+,43+/m1/s1. The molecule has 2 rings (SSSR count). The van der Waals surface area contributed by atoms with E-state index >= 15 is 0 Å². The molecule has 1 saturated heterocycles. The van der Waals surface area contributed by atoms with Crippen LogP contribution in [0, 0.1) is 23.7 Å². The van der Waals surface area contributed by atoms with Gasteiger partial charge in [-0.25, -0.2) is 0 Å². The Morgan fingerprint density at radius 2 is 1.12 bits per heavy atom. The van der Waals surface area contributed by atoms with Gasteiger partial charge in [0.2, 0.25) is 41.4 Å². The molecular formula is C52H88N10O10. The van der Waals surface area contributed by atoms with E-state index in [1.54, 1.807) is 30.3 Å². The molecule has 1 aromatic carbocycles. The van der Waals surface area contributed by atoms with Crippen LogP contribution in [0.2, 0.25) is 0 Å². The van der Waals surface area contributed by atoms with Gasteiger partial charge in [-0.05, 0) is 95.3 Å². The minimum Gasteiger partial charge on any atom is -0.393 e. The third kappa shape index (κ3) is 23.9. The Bertz CT molecular complexity index is 1890. The highest BCUT2D eigenvalue weighted by Gasteiger charge is 2.35. The van der Waals surface area contributed by atoms with Gasteiger partial charge in [0.15, 0.2) is 11.6 Å². The fourth-order valence-corrected chi connectivity index (χ4v) is 8.61. The first kappa shape index (κ1) is 62.8. The van der Waals surface area contributed by atoms with Gasteiger partial charge in [-0.2, -0.15) is 0 Å². The molecule has 0 radical (unpaired) electrons. The van der Waals surface area contributed by atoms with Crippen LogP contribution in [0.1, 0.15) is 143 Å². The molecule has 7 amide bonds. The van der Waals surface area contributed by atoms with E-state index in [4.69, 9.17) is 17.2 Å². The van der Waals surface area contributed by atoms with Crippen molar-refractivity contribution in [2.45, 2.75) is 187 Å². The second-order valence-corrected chi connectivity index (χ2v) is 20.2. The number of carbonyl (C=O) groups excluding carboxylic acids is 9. The fourth-order valence-electron chi connectivity index (χ4n) is 8.61. The maximum absolute atomic E-state index is 14.4. The number of carbonyl (C=O) groups is 9. The molecule has 0 bridgehead atoms. The van der Waals surface area contributed by atoms with Crippen molar-refractivity contribution < 1.29 is 48.3 Å². The zero-order valence-electron chi connectivity index (χ0n) is 43.7. The molecule has 1 aromatic rings. The molecule has 9 atom stereocenters. The predicted octanol–water partition coefficient (Wildman–Crippen LogP) is 1.08. The van der Waals surface area contributed by atoms with E-state index in [-0.39, 0.29) is 95.8 Å². The van der Waals surface area contributed by atoms with Crippen LogP contribution in [0.3, 0.4) is 0 Å². The topological polar surface area (TPSA) is 336 Å². The first-order valence-electron chi connectivity index (χ1n) is 26.2. The number of nitrogens with one attached hydrogen (secondary N) is 7. The van der Waals surface area contributed by atoms with Gasteiger partial charge in [0.05, 0.1) is 24.6 Å². The second kappa shape index (κ2) is 34.2. The number of ketones is 2. The number of nitrogens with two attached hydrogens (primary N) is 3. The molecule has 0 aromatic heterocycles. The van der Waals surface area contributed by atoms with Crippen molar-refractivity contribution in [2.75, 3.05) is 26.2 Å². The first-order valence-corrected chi connectivity index (χ1v) is 26.2. The van der Waals surface area contributed by atoms with Gasteiger partial charge in [-0.1, -0.05) is 97.1 Å². The minimum atomic E-state index is -1.23. The highest BCUT2D eigenvalue weighted by atomic mass is 16.3. The molecule has 20 nitrogen and oxygen atoms in total. The van der Waals surface area contributed by atoms with Crippen LogP contribution in [0.4, 0.5) is 0 Å². The molecule has 1 heterocycles. The first-order chi connectivity index (χ1) is 34.2. The van der Waals surface area contributed by atoms with Crippen molar-refractivity contribution in [3.8, 4) is 0 Å². The number of hydrogen-bond donors (Lipinski definition) is 11. The third-order valence-electron chi connectivity index (χ3n) is 12.7. The third-order valence-corrected chi connectivity index (χ3v) is 12.7. The van der Waals surface area contributed by atoms with E-state index in [2.05, 4.69) is 44.1 Å². The van der Waals surface area contributed by atoms with Gasteiger partial charge in [0.25, 0.3) is 0 Å². The zero-order chi connectivity index (χ0) is 53.8. The summed E-state index contributed by atoms with van der Waals surface area (Å²) in [5.74, 6) is -8.11. The van der Waals surface area contributed by atoms with Crippen LogP contribution >= 0.6 is 0 Å². The lowest BCUT2D eigenvalue weighted by atomic mass is 9.89. The van der Waals surface area contributed by atoms with Gasteiger partial charge >= 0.3 is 0 Å². The number of rotatable bonds is 24. The number of benzene rings is 1. The molecule has 0 aliphatic carbocycles. The predicted molar refractivity (Wildman–Crippen MR) is 275 cm³/mol. The zero-order valence-corrected chi connectivity index (χ0v) is 43.7. The number of aliphatic hydroxyl groups excluding tert-OH is 1. The molecule has 0 unspecified atom stereocenters. The minimum absolute atomic E-state index is 0.0271. The lowest BCUT2D eigenvalue weighted by Crippen LogP contribution is -2.59. The summed E-state index contributed by atoms with van der Waals surface area (Å²) in [6.45, 7) is 10.7. The average Bonchev–Trinajstić information content (AvgIpc) is 3.31. The quantitative estimate of drug-likeness (QED) is 0.0647. The molecule has 20 heteroatoms. The van der Waals surface area contributed by atoms with Crippen molar-refractivity contribution in [1.82, 2.24) is 37.2 Å². The number of hydrogen-bond acceptors (Lipinski definition) is 13. The van der Waals surface area contributed by atoms with Crippen molar-refractivity contribution in [2.24, 2.45) is 40.9 Å². The van der Waals surface area contributed by atoms with E-state index in [0.717, 1.165) is 37.7 Å². The van der Waals surface area contributed by atoms with E-state index < -0.39 is 114 Å². The van der Waals surface area contributed by atoms with Crippen LogP contribution in [-0.4, -0.2) is 127 Å². The van der Waals surface area contributed by atoms with Crippen LogP contribution in [0.25, 0.3) is 0 Å². The molecule has 1 aliphatic heterocycles. The molecule has 406 valence electrons. The fraction of sp³-hybridized carbons (Fsp3) is 0.712.